The Hall–Kier alpha value is -1.99. The average molecular weight is 594 g/mol. The summed E-state index contributed by atoms with van der Waals surface area (Å²) >= 11 is 17.1. The monoisotopic (exact) mass is 592 g/mol. The van der Waals surface area contributed by atoms with Gasteiger partial charge in [0.05, 0.1) is 15.8 Å². The van der Waals surface area contributed by atoms with E-state index in [9.17, 15) is 9.59 Å². The van der Waals surface area contributed by atoms with E-state index in [4.69, 9.17) is 23.2 Å². The lowest BCUT2D eigenvalue weighted by molar-refractivity contribution is -0.139. The fourth-order valence-corrected chi connectivity index (χ4v) is 5.04. The van der Waals surface area contributed by atoms with Crippen molar-refractivity contribution >= 4 is 62.7 Å². The molecular weight excluding hydrogens is 567 g/mol. The highest BCUT2D eigenvalue weighted by Gasteiger charge is 2.30. The predicted octanol–water partition coefficient (Wildman–Crippen LogP) is 6.77. The van der Waals surface area contributed by atoms with Gasteiger partial charge in [-0.3, -0.25) is 9.59 Å². The Morgan fingerprint density at radius 3 is 2.29 bits per heavy atom. The Bertz CT molecular complexity index is 1130. The third-order valence-corrected chi connectivity index (χ3v) is 7.62. The number of hydrogen-bond acceptors (Lipinski definition) is 3. The molecule has 0 saturated carbocycles. The zero-order valence-corrected chi connectivity index (χ0v) is 23.3. The highest BCUT2D eigenvalue weighted by atomic mass is 79.9. The van der Waals surface area contributed by atoms with Crippen LogP contribution in [0.4, 0.5) is 0 Å². The fourth-order valence-electron chi connectivity index (χ4n) is 3.60. The van der Waals surface area contributed by atoms with Gasteiger partial charge >= 0.3 is 0 Å². The molecule has 0 heterocycles. The van der Waals surface area contributed by atoms with E-state index >= 15 is 0 Å². The second-order valence-corrected chi connectivity index (χ2v) is 10.7. The number of hydrogen-bond donors (Lipinski definition) is 1. The standard InChI is InChI=1S/C27H27BrCl2N2O2S/c1-2-31-27(34)25(15-19-6-4-3-5-7-19)32(16-20-8-11-22(28)12-9-20)26(33)18-35-17-21-10-13-23(29)24(30)14-21/h3-14,25H,2,15-18H2,1H3,(H,31,34)/t25-/m0/s1. The Morgan fingerprint density at radius 1 is 0.943 bits per heavy atom. The van der Waals surface area contributed by atoms with Crippen molar-refractivity contribution in [1.82, 2.24) is 10.2 Å². The van der Waals surface area contributed by atoms with Gasteiger partial charge in [0.25, 0.3) is 0 Å². The minimum Gasteiger partial charge on any atom is -0.355 e. The second-order valence-electron chi connectivity index (χ2n) is 7.99. The third kappa shape index (κ3) is 8.57. The molecule has 35 heavy (non-hydrogen) atoms. The van der Waals surface area contributed by atoms with Gasteiger partial charge in [0.15, 0.2) is 0 Å². The molecule has 184 valence electrons. The van der Waals surface area contributed by atoms with Gasteiger partial charge in [-0.2, -0.15) is 0 Å². The van der Waals surface area contributed by atoms with E-state index in [1.807, 2.05) is 73.7 Å². The zero-order valence-electron chi connectivity index (χ0n) is 19.3. The zero-order chi connectivity index (χ0) is 25.2. The van der Waals surface area contributed by atoms with Crippen molar-refractivity contribution < 1.29 is 9.59 Å². The summed E-state index contributed by atoms with van der Waals surface area (Å²) in [5.41, 5.74) is 2.94. The molecule has 3 rings (SSSR count). The number of nitrogens with one attached hydrogen (secondary N) is 1. The average Bonchev–Trinajstić information content (AvgIpc) is 2.85. The summed E-state index contributed by atoms with van der Waals surface area (Å²) in [5, 5.41) is 3.91. The van der Waals surface area contributed by atoms with Crippen LogP contribution in [0.5, 0.6) is 0 Å². The summed E-state index contributed by atoms with van der Waals surface area (Å²) in [6.45, 7) is 2.72. The van der Waals surface area contributed by atoms with Crippen molar-refractivity contribution in [3.8, 4) is 0 Å². The minimum absolute atomic E-state index is 0.0924. The van der Waals surface area contributed by atoms with Crippen LogP contribution in [0.3, 0.4) is 0 Å². The van der Waals surface area contributed by atoms with Crippen molar-refractivity contribution in [3.05, 3.63) is 104 Å². The maximum atomic E-state index is 13.5. The molecule has 0 spiro atoms. The molecule has 1 atom stereocenters. The first-order chi connectivity index (χ1) is 16.9. The number of halogens is 3. The summed E-state index contributed by atoms with van der Waals surface area (Å²) in [5.74, 6) is 0.599. The van der Waals surface area contributed by atoms with Gasteiger partial charge in [-0.15, -0.1) is 11.8 Å². The van der Waals surface area contributed by atoms with Gasteiger partial charge in [0, 0.05) is 29.7 Å². The first kappa shape index (κ1) is 27.6. The van der Waals surface area contributed by atoms with Crippen LogP contribution in [0, 0.1) is 0 Å². The van der Waals surface area contributed by atoms with Crippen LogP contribution in [0.2, 0.25) is 10.0 Å². The largest absolute Gasteiger partial charge is 0.355 e. The van der Waals surface area contributed by atoms with Crippen molar-refractivity contribution in [1.29, 1.82) is 0 Å². The number of benzene rings is 3. The van der Waals surface area contributed by atoms with E-state index in [0.29, 0.717) is 35.3 Å². The molecule has 0 saturated heterocycles. The molecule has 0 aliphatic carbocycles. The number of carbonyl (C=O) groups is 2. The van der Waals surface area contributed by atoms with Crippen LogP contribution in [0.1, 0.15) is 23.6 Å². The van der Waals surface area contributed by atoms with Gasteiger partial charge in [0.2, 0.25) is 11.8 Å². The van der Waals surface area contributed by atoms with Crippen molar-refractivity contribution in [3.63, 3.8) is 0 Å². The highest BCUT2D eigenvalue weighted by Crippen LogP contribution is 2.25. The van der Waals surface area contributed by atoms with E-state index < -0.39 is 6.04 Å². The Labute approximate surface area is 229 Å². The summed E-state index contributed by atoms with van der Waals surface area (Å²) in [6.07, 6.45) is 0.437. The second kappa shape index (κ2) is 13.9. The molecule has 4 nitrogen and oxygen atoms in total. The van der Waals surface area contributed by atoms with Gasteiger partial charge in [-0.05, 0) is 47.9 Å². The Kier molecular flexibility index (Phi) is 11.0. The molecule has 2 amide bonds. The molecule has 1 N–H and O–H groups in total. The first-order valence-electron chi connectivity index (χ1n) is 11.2. The number of amides is 2. The SMILES string of the molecule is CCNC(=O)[C@H](Cc1ccccc1)N(Cc1ccc(Br)cc1)C(=O)CSCc1ccc(Cl)c(Cl)c1. The number of thioether (sulfide) groups is 1. The third-order valence-electron chi connectivity index (χ3n) is 5.37. The van der Waals surface area contributed by atoms with Crippen LogP contribution >= 0.6 is 50.9 Å². The van der Waals surface area contributed by atoms with Crippen LogP contribution in [0.25, 0.3) is 0 Å². The number of carbonyl (C=O) groups excluding carboxylic acids is 2. The van der Waals surface area contributed by atoms with E-state index in [1.165, 1.54) is 11.8 Å². The summed E-state index contributed by atoms with van der Waals surface area (Å²) < 4.78 is 0.959. The summed E-state index contributed by atoms with van der Waals surface area (Å²) in [7, 11) is 0. The molecule has 0 radical (unpaired) electrons. The van der Waals surface area contributed by atoms with E-state index in [-0.39, 0.29) is 17.6 Å². The van der Waals surface area contributed by atoms with E-state index in [1.54, 1.807) is 11.0 Å². The molecule has 8 heteroatoms. The van der Waals surface area contributed by atoms with Gasteiger partial charge in [-0.25, -0.2) is 0 Å². The summed E-state index contributed by atoms with van der Waals surface area (Å²) in [6, 6.07) is 22.4. The van der Waals surface area contributed by atoms with Crippen LogP contribution in [0.15, 0.2) is 77.3 Å². The smallest absolute Gasteiger partial charge is 0.243 e. The van der Waals surface area contributed by atoms with Gasteiger partial charge in [0.1, 0.15) is 6.04 Å². The fraction of sp³-hybridized carbons (Fsp3) is 0.259. The maximum absolute atomic E-state index is 13.5. The van der Waals surface area contributed by atoms with Crippen LogP contribution < -0.4 is 5.32 Å². The quantitative estimate of drug-likeness (QED) is 0.267. The molecule has 3 aromatic carbocycles. The molecule has 0 bridgehead atoms. The molecule has 0 aliphatic heterocycles. The molecule has 0 unspecified atom stereocenters. The van der Waals surface area contributed by atoms with Crippen molar-refractivity contribution in [2.75, 3.05) is 12.3 Å². The molecule has 0 aromatic heterocycles. The van der Waals surface area contributed by atoms with Crippen LogP contribution in [-0.4, -0.2) is 35.1 Å². The molecule has 0 fully saturated rings. The number of nitrogens with zero attached hydrogens (tertiary/aromatic N) is 1. The van der Waals surface area contributed by atoms with Crippen LogP contribution in [-0.2, 0) is 28.3 Å². The number of likely N-dealkylation sites (N-methyl/N-ethyl adjacent to an activating group) is 1. The van der Waals surface area contributed by atoms with Gasteiger partial charge < -0.3 is 10.2 Å². The minimum atomic E-state index is -0.626. The predicted molar refractivity (Wildman–Crippen MR) is 150 cm³/mol. The normalized spacial score (nSPS) is 11.7. The summed E-state index contributed by atoms with van der Waals surface area (Å²) in [4.78, 5) is 28.4. The first-order valence-corrected chi connectivity index (χ1v) is 13.9. The number of rotatable bonds is 11. The molecule has 3 aromatic rings. The Balaban J connectivity index is 1.81. The molecule has 0 aliphatic rings. The lowest BCUT2D eigenvalue weighted by Crippen LogP contribution is -2.51. The van der Waals surface area contributed by atoms with Gasteiger partial charge in [-0.1, -0.05) is 87.7 Å². The van der Waals surface area contributed by atoms with Crippen molar-refractivity contribution in [2.45, 2.75) is 31.7 Å². The van der Waals surface area contributed by atoms with E-state index in [2.05, 4.69) is 21.2 Å². The lowest BCUT2D eigenvalue weighted by atomic mass is 10.0. The maximum Gasteiger partial charge on any atom is 0.243 e. The topological polar surface area (TPSA) is 49.4 Å². The lowest BCUT2D eigenvalue weighted by Gasteiger charge is -2.31. The highest BCUT2D eigenvalue weighted by molar-refractivity contribution is 9.10. The van der Waals surface area contributed by atoms with Crippen molar-refractivity contribution in [2.24, 2.45) is 0 Å². The Morgan fingerprint density at radius 2 is 1.63 bits per heavy atom. The molecular formula is C27H27BrCl2N2O2S. The van der Waals surface area contributed by atoms with E-state index in [0.717, 1.165) is 21.2 Å².